The SMILES string of the molecule is COC1CCCC1Nc1ncc(F)cc1F. The smallest absolute Gasteiger partial charge is 0.168 e. The molecule has 2 rings (SSSR count). The number of nitrogens with zero attached hydrogens (tertiary/aromatic N) is 1. The van der Waals surface area contributed by atoms with E-state index in [-0.39, 0.29) is 18.0 Å². The van der Waals surface area contributed by atoms with Crippen LogP contribution in [0, 0.1) is 11.6 Å². The number of aromatic nitrogens is 1. The van der Waals surface area contributed by atoms with Crippen LogP contribution in [-0.4, -0.2) is 24.2 Å². The molecule has 0 spiro atoms. The van der Waals surface area contributed by atoms with Crippen LogP contribution in [0.25, 0.3) is 0 Å². The third kappa shape index (κ3) is 2.29. The standard InChI is InChI=1S/C11H14F2N2O/c1-16-10-4-2-3-9(10)15-11-8(13)5-7(12)6-14-11/h5-6,9-10H,2-4H2,1H3,(H,14,15). The quantitative estimate of drug-likeness (QED) is 0.862. The van der Waals surface area contributed by atoms with Crippen molar-refractivity contribution in [1.29, 1.82) is 0 Å². The molecule has 1 aromatic rings. The number of anilines is 1. The molecular formula is C11H14F2N2O. The number of ether oxygens (including phenoxy) is 1. The fraction of sp³-hybridized carbons (Fsp3) is 0.545. The van der Waals surface area contributed by atoms with E-state index in [2.05, 4.69) is 10.3 Å². The van der Waals surface area contributed by atoms with E-state index in [1.807, 2.05) is 0 Å². The zero-order valence-corrected chi connectivity index (χ0v) is 9.04. The van der Waals surface area contributed by atoms with Crippen LogP contribution in [0.1, 0.15) is 19.3 Å². The van der Waals surface area contributed by atoms with Crippen molar-refractivity contribution in [2.75, 3.05) is 12.4 Å². The fourth-order valence-electron chi connectivity index (χ4n) is 2.07. The highest BCUT2D eigenvalue weighted by molar-refractivity contribution is 5.37. The van der Waals surface area contributed by atoms with Crippen molar-refractivity contribution in [3.63, 3.8) is 0 Å². The van der Waals surface area contributed by atoms with Gasteiger partial charge in [-0.05, 0) is 19.3 Å². The first-order valence-corrected chi connectivity index (χ1v) is 5.31. The molecule has 16 heavy (non-hydrogen) atoms. The molecule has 0 radical (unpaired) electrons. The second kappa shape index (κ2) is 4.74. The third-order valence-electron chi connectivity index (χ3n) is 2.89. The summed E-state index contributed by atoms with van der Waals surface area (Å²) in [5.41, 5.74) is 0. The summed E-state index contributed by atoms with van der Waals surface area (Å²) in [6.07, 6.45) is 3.99. The van der Waals surface area contributed by atoms with Gasteiger partial charge in [0, 0.05) is 13.2 Å². The van der Waals surface area contributed by atoms with Crippen molar-refractivity contribution >= 4 is 5.82 Å². The van der Waals surface area contributed by atoms with Crippen molar-refractivity contribution in [3.05, 3.63) is 23.9 Å². The van der Waals surface area contributed by atoms with Crippen LogP contribution in [0.4, 0.5) is 14.6 Å². The molecule has 5 heteroatoms. The molecule has 3 nitrogen and oxygen atoms in total. The van der Waals surface area contributed by atoms with E-state index in [1.54, 1.807) is 7.11 Å². The van der Waals surface area contributed by atoms with Crippen molar-refractivity contribution < 1.29 is 13.5 Å². The molecular weight excluding hydrogens is 214 g/mol. The summed E-state index contributed by atoms with van der Waals surface area (Å²) in [5.74, 6) is -1.24. The summed E-state index contributed by atoms with van der Waals surface area (Å²) in [6.45, 7) is 0. The predicted octanol–water partition coefficient (Wildman–Crippen LogP) is 2.34. The molecule has 0 bridgehead atoms. The average Bonchev–Trinajstić information content (AvgIpc) is 2.69. The summed E-state index contributed by atoms with van der Waals surface area (Å²) in [7, 11) is 1.64. The van der Waals surface area contributed by atoms with Gasteiger partial charge in [0.05, 0.1) is 18.3 Å². The first-order valence-electron chi connectivity index (χ1n) is 5.31. The summed E-state index contributed by atoms with van der Waals surface area (Å²) < 4.78 is 31.3. The number of methoxy groups -OCH3 is 1. The van der Waals surface area contributed by atoms with Crippen molar-refractivity contribution in [2.45, 2.75) is 31.4 Å². The molecule has 0 aromatic carbocycles. The first-order chi connectivity index (χ1) is 7.70. The van der Waals surface area contributed by atoms with E-state index in [9.17, 15) is 8.78 Å². The van der Waals surface area contributed by atoms with E-state index in [0.29, 0.717) is 0 Å². The third-order valence-corrected chi connectivity index (χ3v) is 2.89. The highest BCUT2D eigenvalue weighted by Gasteiger charge is 2.27. The van der Waals surface area contributed by atoms with Gasteiger partial charge in [-0.2, -0.15) is 0 Å². The molecule has 1 aromatic heterocycles. The molecule has 1 heterocycles. The van der Waals surface area contributed by atoms with Crippen LogP contribution in [0.3, 0.4) is 0 Å². The Balaban J connectivity index is 2.08. The normalized spacial score (nSPS) is 24.7. The number of pyridine rings is 1. The maximum absolute atomic E-state index is 13.3. The van der Waals surface area contributed by atoms with E-state index in [0.717, 1.165) is 31.5 Å². The minimum atomic E-state index is -0.669. The van der Waals surface area contributed by atoms with Crippen molar-refractivity contribution in [3.8, 4) is 0 Å². The number of nitrogens with one attached hydrogen (secondary N) is 1. The Morgan fingerprint density at radius 2 is 2.25 bits per heavy atom. The Hall–Kier alpha value is -1.23. The van der Waals surface area contributed by atoms with Gasteiger partial charge < -0.3 is 10.1 Å². The van der Waals surface area contributed by atoms with Crippen molar-refractivity contribution in [2.24, 2.45) is 0 Å². The second-order valence-corrected chi connectivity index (χ2v) is 3.94. The van der Waals surface area contributed by atoms with Crippen molar-refractivity contribution in [1.82, 2.24) is 4.98 Å². The average molecular weight is 228 g/mol. The molecule has 0 aliphatic heterocycles. The molecule has 88 valence electrons. The minimum absolute atomic E-state index is 0.0532. The van der Waals surface area contributed by atoms with Gasteiger partial charge in [-0.15, -0.1) is 0 Å². The van der Waals surface area contributed by atoms with Gasteiger partial charge in [-0.25, -0.2) is 13.8 Å². The van der Waals surface area contributed by atoms with Crippen LogP contribution in [0.2, 0.25) is 0 Å². The van der Waals surface area contributed by atoms with Crippen LogP contribution in [-0.2, 0) is 4.74 Å². The molecule has 2 atom stereocenters. The van der Waals surface area contributed by atoms with Gasteiger partial charge in [-0.3, -0.25) is 0 Å². The zero-order chi connectivity index (χ0) is 11.5. The first kappa shape index (κ1) is 11.3. The van der Waals surface area contributed by atoms with E-state index in [4.69, 9.17) is 4.74 Å². The van der Waals surface area contributed by atoms with Gasteiger partial charge in [0.1, 0.15) is 5.82 Å². The van der Waals surface area contributed by atoms with Gasteiger partial charge in [0.2, 0.25) is 0 Å². The van der Waals surface area contributed by atoms with Crippen LogP contribution >= 0.6 is 0 Å². The fourth-order valence-corrected chi connectivity index (χ4v) is 2.07. The lowest BCUT2D eigenvalue weighted by molar-refractivity contribution is 0.101. The molecule has 1 fully saturated rings. The Morgan fingerprint density at radius 1 is 1.44 bits per heavy atom. The van der Waals surface area contributed by atoms with Gasteiger partial charge in [0.15, 0.2) is 11.6 Å². The van der Waals surface area contributed by atoms with E-state index >= 15 is 0 Å². The predicted molar refractivity (Wildman–Crippen MR) is 56.2 cm³/mol. The lowest BCUT2D eigenvalue weighted by Crippen LogP contribution is -2.30. The van der Waals surface area contributed by atoms with Gasteiger partial charge >= 0.3 is 0 Å². The van der Waals surface area contributed by atoms with Crippen LogP contribution in [0.5, 0.6) is 0 Å². The highest BCUT2D eigenvalue weighted by Crippen LogP contribution is 2.25. The molecule has 0 amide bonds. The number of hydrogen-bond donors (Lipinski definition) is 1. The van der Waals surface area contributed by atoms with Gasteiger partial charge in [-0.1, -0.05) is 0 Å². The largest absolute Gasteiger partial charge is 0.379 e. The summed E-state index contributed by atoms with van der Waals surface area (Å²) >= 11 is 0. The molecule has 2 unspecified atom stereocenters. The highest BCUT2D eigenvalue weighted by atomic mass is 19.1. The summed E-state index contributed by atoms with van der Waals surface area (Å²) in [5, 5.41) is 2.96. The Bertz CT molecular complexity index is 373. The zero-order valence-electron chi connectivity index (χ0n) is 9.04. The minimum Gasteiger partial charge on any atom is -0.379 e. The maximum Gasteiger partial charge on any atom is 0.168 e. The summed E-state index contributed by atoms with van der Waals surface area (Å²) in [6, 6.07) is 0.879. The van der Waals surface area contributed by atoms with E-state index < -0.39 is 11.6 Å². The summed E-state index contributed by atoms with van der Waals surface area (Å²) in [4.78, 5) is 3.69. The van der Waals surface area contributed by atoms with Gasteiger partial charge in [0.25, 0.3) is 0 Å². The Labute approximate surface area is 92.8 Å². The molecule has 1 N–H and O–H groups in total. The van der Waals surface area contributed by atoms with Crippen LogP contribution < -0.4 is 5.32 Å². The Kier molecular flexibility index (Phi) is 3.33. The number of halogens is 2. The lowest BCUT2D eigenvalue weighted by Gasteiger charge is -2.20. The second-order valence-electron chi connectivity index (χ2n) is 3.94. The lowest BCUT2D eigenvalue weighted by atomic mass is 10.2. The number of hydrogen-bond acceptors (Lipinski definition) is 3. The monoisotopic (exact) mass is 228 g/mol. The van der Waals surface area contributed by atoms with E-state index in [1.165, 1.54) is 0 Å². The molecule has 1 aliphatic carbocycles. The molecule has 1 saturated carbocycles. The molecule has 1 aliphatic rings. The topological polar surface area (TPSA) is 34.1 Å². The Morgan fingerprint density at radius 3 is 2.94 bits per heavy atom. The molecule has 0 saturated heterocycles. The maximum atomic E-state index is 13.3. The van der Waals surface area contributed by atoms with Crippen LogP contribution in [0.15, 0.2) is 12.3 Å². The number of rotatable bonds is 3.